The highest BCUT2D eigenvalue weighted by Gasteiger charge is 2.25. The van der Waals surface area contributed by atoms with Crippen LogP contribution in [0.5, 0.6) is 0 Å². The van der Waals surface area contributed by atoms with Gasteiger partial charge in [-0.05, 0) is 19.8 Å². The molecule has 6 heteroatoms. The summed E-state index contributed by atoms with van der Waals surface area (Å²) < 4.78 is 0. The number of hydrogen-bond donors (Lipinski definition) is 3. The van der Waals surface area contributed by atoms with E-state index in [4.69, 9.17) is 5.84 Å². The number of nitrogens with one attached hydrogen (secondary N) is 1. The Kier molecular flexibility index (Phi) is 2.17. The number of hydrogen-bond acceptors (Lipinski definition) is 6. The smallest absolute Gasteiger partial charge is 0.222 e. The van der Waals surface area contributed by atoms with Crippen molar-refractivity contribution in [1.29, 1.82) is 0 Å². The van der Waals surface area contributed by atoms with Gasteiger partial charge < -0.3 is 5.32 Å². The highest BCUT2D eigenvalue weighted by Crippen LogP contribution is 2.19. The summed E-state index contributed by atoms with van der Waals surface area (Å²) in [5.41, 5.74) is -0.321. The van der Waals surface area contributed by atoms with E-state index in [2.05, 4.69) is 27.9 Å². The largest absolute Gasteiger partial charge is 0.352 e. The van der Waals surface area contributed by atoms with Crippen LogP contribution in [0.15, 0.2) is 9.98 Å². The first-order valence-corrected chi connectivity index (χ1v) is 4.80. The Bertz CT molecular complexity index is 270. The van der Waals surface area contributed by atoms with E-state index in [-0.39, 0.29) is 5.50 Å². The Morgan fingerprint density at radius 1 is 1.62 bits per heavy atom. The predicted octanol–water partition coefficient (Wildman–Crippen LogP) is -0.0845. The Balaban J connectivity index is 2.06. The van der Waals surface area contributed by atoms with Gasteiger partial charge in [-0.25, -0.2) is 10.8 Å². The minimum absolute atomic E-state index is 0.321. The van der Waals surface area contributed by atoms with E-state index in [0.29, 0.717) is 12.0 Å². The van der Waals surface area contributed by atoms with Crippen LogP contribution in [0.4, 0.5) is 0 Å². The molecule has 5 nitrogen and oxygen atoms in total. The van der Waals surface area contributed by atoms with Crippen molar-refractivity contribution in [2.24, 2.45) is 15.8 Å². The molecule has 1 fully saturated rings. The van der Waals surface area contributed by atoms with Gasteiger partial charge in [0.15, 0.2) is 5.50 Å². The number of thiol groups is 1. The topological polar surface area (TPSA) is 66.0 Å². The fraction of sp³-hybridized carbons (Fsp3) is 0.714. The highest BCUT2D eigenvalue weighted by molar-refractivity contribution is 7.80. The monoisotopic (exact) mass is 199 g/mol. The zero-order chi connectivity index (χ0) is 9.42. The van der Waals surface area contributed by atoms with Crippen LogP contribution in [0.2, 0.25) is 0 Å². The maximum absolute atomic E-state index is 5.62. The van der Waals surface area contributed by atoms with Gasteiger partial charge in [0.1, 0.15) is 5.84 Å². The SMILES string of the molecule is CC1=NC(NC2CC2)=NC(S)N1N. The van der Waals surface area contributed by atoms with Crippen molar-refractivity contribution in [1.82, 2.24) is 10.3 Å². The third-order valence-corrected chi connectivity index (χ3v) is 2.40. The number of nitrogens with zero attached hydrogens (tertiary/aromatic N) is 3. The summed E-state index contributed by atoms with van der Waals surface area (Å²) in [4.78, 5) is 8.38. The third-order valence-electron chi connectivity index (χ3n) is 2.04. The molecular formula is C7H13N5S. The van der Waals surface area contributed by atoms with Gasteiger partial charge in [-0.2, -0.15) is 4.99 Å². The normalized spacial score (nSPS) is 28.2. The standard InChI is InChI=1S/C7H13N5S/c1-4-9-6(10-5-2-3-5)11-7(13)12(4)8/h5,7,13H,2-3,8H2,1H3,(H,10,11). The third kappa shape index (κ3) is 1.94. The molecule has 0 amide bonds. The van der Waals surface area contributed by atoms with E-state index >= 15 is 0 Å². The molecule has 72 valence electrons. The lowest BCUT2D eigenvalue weighted by Crippen LogP contribution is -2.46. The maximum Gasteiger partial charge on any atom is 0.222 e. The second-order valence-electron chi connectivity index (χ2n) is 3.28. The Labute approximate surface area is 82.5 Å². The van der Waals surface area contributed by atoms with Crippen LogP contribution in [-0.4, -0.2) is 28.3 Å². The molecule has 1 unspecified atom stereocenters. The zero-order valence-corrected chi connectivity index (χ0v) is 8.33. The van der Waals surface area contributed by atoms with Crippen molar-refractivity contribution in [3.8, 4) is 0 Å². The van der Waals surface area contributed by atoms with Gasteiger partial charge in [-0.1, -0.05) is 0 Å². The van der Waals surface area contributed by atoms with E-state index in [1.54, 1.807) is 0 Å². The van der Waals surface area contributed by atoms with Crippen LogP contribution >= 0.6 is 12.6 Å². The average molecular weight is 199 g/mol. The van der Waals surface area contributed by atoms with Crippen LogP contribution < -0.4 is 11.2 Å². The summed E-state index contributed by atoms with van der Waals surface area (Å²) in [7, 11) is 0. The lowest BCUT2D eigenvalue weighted by molar-refractivity contribution is 0.415. The lowest BCUT2D eigenvalue weighted by atomic mass is 10.6. The van der Waals surface area contributed by atoms with E-state index in [1.807, 2.05) is 6.92 Å². The van der Waals surface area contributed by atoms with Crippen LogP contribution in [-0.2, 0) is 0 Å². The van der Waals surface area contributed by atoms with Gasteiger partial charge in [0, 0.05) is 6.04 Å². The molecule has 0 aromatic heterocycles. The molecule has 0 aromatic carbocycles. The molecule has 0 saturated heterocycles. The molecule has 13 heavy (non-hydrogen) atoms. The van der Waals surface area contributed by atoms with Crippen molar-refractivity contribution in [3.05, 3.63) is 0 Å². The first-order chi connectivity index (χ1) is 6.16. The average Bonchev–Trinajstić information content (AvgIpc) is 2.84. The molecule has 1 heterocycles. The van der Waals surface area contributed by atoms with Gasteiger partial charge in [0.05, 0.1) is 0 Å². The molecule has 2 rings (SSSR count). The van der Waals surface area contributed by atoms with Gasteiger partial charge in [0.2, 0.25) is 5.96 Å². The van der Waals surface area contributed by atoms with Crippen LogP contribution in [0.3, 0.4) is 0 Å². The van der Waals surface area contributed by atoms with Crippen LogP contribution in [0.25, 0.3) is 0 Å². The number of guanidine groups is 1. The fourth-order valence-corrected chi connectivity index (χ4v) is 1.33. The molecular weight excluding hydrogens is 186 g/mol. The molecule has 0 spiro atoms. The van der Waals surface area contributed by atoms with Crippen LogP contribution in [0, 0.1) is 0 Å². The molecule has 1 atom stereocenters. The maximum atomic E-state index is 5.62. The summed E-state index contributed by atoms with van der Waals surface area (Å²) >= 11 is 4.21. The molecule has 2 aliphatic rings. The number of nitrogens with two attached hydrogens (primary N) is 1. The summed E-state index contributed by atoms with van der Waals surface area (Å²) in [5.74, 6) is 7.01. The van der Waals surface area contributed by atoms with E-state index < -0.39 is 0 Å². The lowest BCUT2D eigenvalue weighted by Gasteiger charge is -2.26. The Morgan fingerprint density at radius 2 is 2.31 bits per heavy atom. The molecule has 0 aromatic rings. The predicted molar refractivity (Wildman–Crippen MR) is 55.5 cm³/mol. The summed E-state index contributed by atoms with van der Waals surface area (Å²) in [6.07, 6.45) is 2.41. The zero-order valence-electron chi connectivity index (χ0n) is 7.44. The molecule has 0 radical (unpaired) electrons. The summed E-state index contributed by atoms with van der Waals surface area (Å²) in [5, 5.41) is 4.64. The summed E-state index contributed by atoms with van der Waals surface area (Å²) in [6, 6.07) is 0.556. The Hall–Kier alpha value is -0.750. The van der Waals surface area contributed by atoms with Crippen molar-refractivity contribution in [2.45, 2.75) is 31.3 Å². The van der Waals surface area contributed by atoms with Crippen molar-refractivity contribution < 1.29 is 0 Å². The second kappa shape index (κ2) is 3.19. The molecule has 1 aliphatic carbocycles. The molecule has 0 bridgehead atoms. The van der Waals surface area contributed by atoms with E-state index in [0.717, 1.165) is 5.84 Å². The first kappa shape index (κ1) is 8.83. The quantitative estimate of drug-likeness (QED) is 0.408. The highest BCUT2D eigenvalue weighted by atomic mass is 32.1. The number of aliphatic imine (C=N–C) groups is 2. The molecule has 3 N–H and O–H groups in total. The number of amidine groups is 1. The summed E-state index contributed by atoms with van der Waals surface area (Å²) in [6.45, 7) is 1.84. The molecule has 1 aliphatic heterocycles. The van der Waals surface area contributed by atoms with Gasteiger partial charge in [0.25, 0.3) is 0 Å². The van der Waals surface area contributed by atoms with Crippen molar-refractivity contribution >= 4 is 24.4 Å². The van der Waals surface area contributed by atoms with Gasteiger partial charge >= 0.3 is 0 Å². The van der Waals surface area contributed by atoms with Gasteiger partial charge in [-0.15, -0.1) is 12.6 Å². The van der Waals surface area contributed by atoms with E-state index in [1.165, 1.54) is 17.9 Å². The minimum atomic E-state index is -0.321. The number of rotatable bonds is 1. The second-order valence-corrected chi connectivity index (χ2v) is 3.75. The number of hydrazine groups is 1. The van der Waals surface area contributed by atoms with Crippen molar-refractivity contribution in [3.63, 3.8) is 0 Å². The van der Waals surface area contributed by atoms with Gasteiger partial charge in [-0.3, -0.25) is 5.01 Å². The first-order valence-electron chi connectivity index (χ1n) is 4.28. The minimum Gasteiger partial charge on any atom is -0.352 e. The van der Waals surface area contributed by atoms with E-state index in [9.17, 15) is 0 Å². The Morgan fingerprint density at radius 3 is 2.85 bits per heavy atom. The molecule has 1 saturated carbocycles. The van der Waals surface area contributed by atoms with Crippen LogP contribution in [0.1, 0.15) is 19.8 Å². The van der Waals surface area contributed by atoms with Crippen molar-refractivity contribution in [2.75, 3.05) is 0 Å². The fourth-order valence-electron chi connectivity index (χ4n) is 1.06.